The van der Waals surface area contributed by atoms with E-state index in [-0.39, 0.29) is 0 Å². The van der Waals surface area contributed by atoms with Gasteiger partial charge in [-0.1, -0.05) is 13.0 Å². The summed E-state index contributed by atoms with van der Waals surface area (Å²) in [5.41, 5.74) is 4.43. The summed E-state index contributed by atoms with van der Waals surface area (Å²) in [5, 5.41) is 7.72. The van der Waals surface area contributed by atoms with Crippen LogP contribution >= 0.6 is 12.2 Å². The maximum Gasteiger partial charge on any atom is 0.186 e. The lowest BCUT2D eigenvalue weighted by Crippen LogP contribution is -2.33. The minimum absolute atomic E-state index is 0.539. The van der Waals surface area contributed by atoms with E-state index in [1.165, 1.54) is 0 Å². The van der Waals surface area contributed by atoms with Crippen LogP contribution in [0.2, 0.25) is 0 Å². The Morgan fingerprint density at radius 3 is 2.94 bits per heavy atom. The van der Waals surface area contributed by atoms with Gasteiger partial charge in [-0.05, 0) is 37.7 Å². The van der Waals surface area contributed by atoms with Gasteiger partial charge in [0.1, 0.15) is 0 Å². The number of nitrogens with one attached hydrogen (secondary N) is 2. The highest BCUT2D eigenvalue weighted by Crippen LogP contribution is 1.94. The maximum absolute atomic E-state index is 5.04. The van der Waals surface area contributed by atoms with Gasteiger partial charge in [0.05, 0.1) is 11.4 Å². The van der Waals surface area contributed by atoms with Gasteiger partial charge in [-0.2, -0.15) is 5.10 Å². The number of thiocarbonyl (C=S) groups is 1. The second-order valence-electron chi connectivity index (χ2n) is 3.28. The molecule has 1 aromatic heterocycles. The Morgan fingerprint density at radius 2 is 2.31 bits per heavy atom. The second kappa shape index (κ2) is 6.90. The Labute approximate surface area is 101 Å². The molecule has 0 aromatic carbocycles. The van der Waals surface area contributed by atoms with Gasteiger partial charge < -0.3 is 5.32 Å². The number of nitrogens with zero attached hydrogens (tertiary/aromatic N) is 2. The SMILES string of the molecule is CCCNC(=S)N/N=C(\C)c1ccccn1. The first-order chi connectivity index (χ1) is 7.74. The lowest BCUT2D eigenvalue weighted by atomic mass is 10.3. The molecule has 0 atom stereocenters. The Hall–Kier alpha value is -1.49. The van der Waals surface area contributed by atoms with Crippen LogP contribution in [0.25, 0.3) is 0 Å². The van der Waals surface area contributed by atoms with E-state index in [1.807, 2.05) is 25.1 Å². The molecule has 0 aliphatic carbocycles. The molecule has 0 bridgehead atoms. The molecule has 0 aliphatic heterocycles. The average molecular weight is 236 g/mol. The summed E-state index contributed by atoms with van der Waals surface area (Å²) < 4.78 is 0. The summed E-state index contributed by atoms with van der Waals surface area (Å²) in [7, 11) is 0. The molecule has 4 nitrogen and oxygen atoms in total. The zero-order valence-corrected chi connectivity index (χ0v) is 10.3. The summed E-state index contributed by atoms with van der Waals surface area (Å²) in [6.07, 6.45) is 2.77. The van der Waals surface area contributed by atoms with E-state index in [9.17, 15) is 0 Å². The van der Waals surface area contributed by atoms with Crippen LogP contribution in [-0.4, -0.2) is 22.4 Å². The monoisotopic (exact) mass is 236 g/mol. The summed E-state index contributed by atoms with van der Waals surface area (Å²) in [5.74, 6) is 0. The molecule has 0 saturated carbocycles. The van der Waals surface area contributed by atoms with Crippen molar-refractivity contribution < 1.29 is 0 Å². The fourth-order valence-electron chi connectivity index (χ4n) is 1.05. The highest BCUT2D eigenvalue weighted by molar-refractivity contribution is 7.80. The molecule has 0 unspecified atom stereocenters. The van der Waals surface area contributed by atoms with Crippen LogP contribution in [0.15, 0.2) is 29.5 Å². The molecule has 16 heavy (non-hydrogen) atoms. The molecule has 86 valence electrons. The lowest BCUT2D eigenvalue weighted by molar-refractivity contribution is 0.816. The zero-order chi connectivity index (χ0) is 11.8. The van der Waals surface area contributed by atoms with E-state index in [0.29, 0.717) is 5.11 Å². The van der Waals surface area contributed by atoms with E-state index in [2.05, 4.69) is 27.8 Å². The van der Waals surface area contributed by atoms with Gasteiger partial charge in [0, 0.05) is 12.7 Å². The van der Waals surface area contributed by atoms with Crippen molar-refractivity contribution in [3.63, 3.8) is 0 Å². The largest absolute Gasteiger partial charge is 0.361 e. The standard InChI is InChI=1S/C11H16N4S/c1-3-7-13-11(16)15-14-9(2)10-6-4-5-8-12-10/h4-6,8H,3,7H2,1-2H3,(H2,13,15,16)/b14-9+. The number of hydrazone groups is 1. The molecule has 0 fully saturated rings. The maximum atomic E-state index is 5.04. The Morgan fingerprint density at radius 1 is 1.50 bits per heavy atom. The molecule has 0 saturated heterocycles. The van der Waals surface area contributed by atoms with Gasteiger partial charge in [-0.15, -0.1) is 0 Å². The Balaban J connectivity index is 2.48. The van der Waals surface area contributed by atoms with Gasteiger partial charge >= 0.3 is 0 Å². The third-order valence-corrected chi connectivity index (χ3v) is 2.13. The molecule has 5 heteroatoms. The molecule has 0 radical (unpaired) electrons. The fourth-order valence-corrected chi connectivity index (χ4v) is 1.19. The van der Waals surface area contributed by atoms with Crippen LogP contribution in [0.1, 0.15) is 26.0 Å². The molecule has 1 heterocycles. The molecule has 1 rings (SSSR count). The minimum Gasteiger partial charge on any atom is -0.361 e. The number of pyridine rings is 1. The van der Waals surface area contributed by atoms with E-state index in [4.69, 9.17) is 12.2 Å². The van der Waals surface area contributed by atoms with E-state index in [1.54, 1.807) is 6.20 Å². The first-order valence-corrected chi connectivity index (χ1v) is 5.64. The Bertz CT molecular complexity index is 362. The first-order valence-electron chi connectivity index (χ1n) is 5.23. The first kappa shape index (κ1) is 12.6. The smallest absolute Gasteiger partial charge is 0.186 e. The topological polar surface area (TPSA) is 49.3 Å². The van der Waals surface area contributed by atoms with Crippen molar-refractivity contribution in [3.05, 3.63) is 30.1 Å². The van der Waals surface area contributed by atoms with Crippen LogP contribution in [-0.2, 0) is 0 Å². The van der Waals surface area contributed by atoms with Crippen molar-refractivity contribution in [2.24, 2.45) is 5.10 Å². The predicted octanol–water partition coefficient (Wildman–Crippen LogP) is 1.68. The third-order valence-electron chi connectivity index (χ3n) is 1.90. The molecular formula is C11H16N4S. The molecule has 0 amide bonds. The minimum atomic E-state index is 0.539. The van der Waals surface area contributed by atoms with Crippen LogP contribution in [0.4, 0.5) is 0 Å². The normalized spacial score (nSPS) is 11.0. The van der Waals surface area contributed by atoms with E-state index >= 15 is 0 Å². The quantitative estimate of drug-likeness (QED) is 0.474. The molecular weight excluding hydrogens is 220 g/mol. The van der Waals surface area contributed by atoms with Crippen LogP contribution in [0.3, 0.4) is 0 Å². The summed E-state index contributed by atoms with van der Waals surface area (Å²) in [6.45, 7) is 4.82. The van der Waals surface area contributed by atoms with Crippen molar-refractivity contribution in [2.75, 3.05) is 6.54 Å². The highest BCUT2D eigenvalue weighted by Gasteiger charge is 1.97. The number of aromatic nitrogens is 1. The van der Waals surface area contributed by atoms with Crippen molar-refractivity contribution in [3.8, 4) is 0 Å². The van der Waals surface area contributed by atoms with Gasteiger partial charge in [0.15, 0.2) is 5.11 Å². The lowest BCUT2D eigenvalue weighted by Gasteiger charge is -2.06. The summed E-state index contributed by atoms with van der Waals surface area (Å²) >= 11 is 5.04. The number of hydrogen-bond acceptors (Lipinski definition) is 3. The third kappa shape index (κ3) is 4.35. The van der Waals surface area contributed by atoms with E-state index in [0.717, 1.165) is 24.4 Å². The highest BCUT2D eigenvalue weighted by atomic mass is 32.1. The number of hydrogen-bond donors (Lipinski definition) is 2. The second-order valence-corrected chi connectivity index (χ2v) is 3.69. The summed E-state index contributed by atoms with van der Waals surface area (Å²) in [6, 6.07) is 5.70. The molecule has 0 aliphatic rings. The zero-order valence-electron chi connectivity index (χ0n) is 9.53. The molecule has 1 aromatic rings. The van der Waals surface area contributed by atoms with Crippen molar-refractivity contribution in [2.45, 2.75) is 20.3 Å². The van der Waals surface area contributed by atoms with Crippen molar-refractivity contribution >= 4 is 23.0 Å². The van der Waals surface area contributed by atoms with Gasteiger partial charge in [0.2, 0.25) is 0 Å². The fraction of sp³-hybridized carbons (Fsp3) is 0.364. The van der Waals surface area contributed by atoms with Gasteiger partial charge in [-0.3, -0.25) is 10.4 Å². The van der Waals surface area contributed by atoms with Gasteiger partial charge in [0.25, 0.3) is 0 Å². The van der Waals surface area contributed by atoms with Crippen molar-refractivity contribution in [1.82, 2.24) is 15.7 Å². The summed E-state index contributed by atoms with van der Waals surface area (Å²) in [4.78, 5) is 4.18. The van der Waals surface area contributed by atoms with Crippen LogP contribution in [0, 0.1) is 0 Å². The molecule has 0 spiro atoms. The van der Waals surface area contributed by atoms with Crippen LogP contribution in [0.5, 0.6) is 0 Å². The van der Waals surface area contributed by atoms with Crippen LogP contribution < -0.4 is 10.7 Å². The Kier molecular flexibility index (Phi) is 5.42. The van der Waals surface area contributed by atoms with E-state index < -0.39 is 0 Å². The number of rotatable bonds is 4. The average Bonchev–Trinajstić information content (AvgIpc) is 2.34. The molecule has 2 N–H and O–H groups in total. The van der Waals surface area contributed by atoms with Crippen molar-refractivity contribution in [1.29, 1.82) is 0 Å². The van der Waals surface area contributed by atoms with Gasteiger partial charge in [-0.25, -0.2) is 0 Å². The predicted molar refractivity (Wildman–Crippen MR) is 70.5 cm³/mol.